The van der Waals surface area contributed by atoms with Crippen LogP contribution in [0.4, 0.5) is 0 Å². The SMILES string of the molecule is CC(C)CCCCCCCCCCCCCCCCCCC(=O)O[C@H](COC(=O)CCCCCCCCCC(C)C)COP(=O)(O)OCC(O)COP(=O)(O)OC[C@@H](COC(=O)CCCCCCCCCCC(C)C)OC(=O)CCCCCCCCCCCCC(C)C. The second-order valence-corrected chi connectivity index (χ2v) is 31.5. The van der Waals surface area contributed by atoms with Crippen molar-refractivity contribution < 1.29 is 80.2 Å². The van der Waals surface area contributed by atoms with Crippen LogP contribution < -0.4 is 0 Å². The molecule has 5 atom stereocenters. The smallest absolute Gasteiger partial charge is 0.462 e. The summed E-state index contributed by atoms with van der Waals surface area (Å²) in [7, 11) is -9.91. The molecule has 552 valence electrons. The highest BCUT2D eigenvalue weighted by molar-refractivity contribution is 7.47. The van der Waals surface area contributed by atoms with Gasteiger partial charge in [0.15, 0.2) is 12.2 Å². The lowest BCUT2D eigenvalue weighted by atomic mass is 10.0. The summed E-state index contributed by atoms with van der Waals surface area (Å²) in [6.07, 6.45) is 47.4. The maximum absolute atomic E-state index is 13.0. The van der Waals surface area contributed by atoms with E-state index >= 15 is 0 Å². The molecule has 0 radical (unpaired) electrons. The third kappa shape index (κ3) is 68.4. The molecule has 0 amide bonds. The van der Waals surface area contributed by atoms with Crippen molar-refractivity contribution >= 4 is 39.5 Å². The van der Waals surface area contributed by atoms with Crippen molar-refractivity contribution in [2.75, 3.05) is 39.6 Å². The van der Waals surface area contributed by atoms with Gasteiger partial charge in [-0.15, -0.1) is 0 Å². The van der Waals surface area contributed by atoms with Gasteiger partial charge in [-0.2, -0.15) is 0 Å². The molecule has 93 heavy (non-hydrogen) atoms. The Bertz CT molecular complexity index is 1830. The first-order chi connectivity index (χ1) is 44.6. The number of carbonyl (C=O) groups excluding carboxylic acids is 4. The topological polar surface area (TPSA) is 237 Å². The molecule has 0 aliphatic carbocycles. The molecule has 3 N–H and O–H groups in total. The molecule has 0 aromatic carbocycles. The molecule has 3 unspecified atom stereocenters. The Morgan fingerprint density at radius 3 is 0.667 bits per heavy atom. The fourth-order valence-electron chi connectivity index (χ4n) is 11.2. The van der Waals surface area contributed by atoms with Crippen LogP contribution in [0, 0.1) is 23.7 Å². The Hall–Kier alpha value is -1.94. The van der Waals surface area contributed by atoms with Crippen LogP contribution in [0.2, 0.25) is 0 Å². The lowest BCUT2D eigenvalue weighted by molar-refractivity contribution is -0.161. The number of rotatable bonds is 71. The summed E-state index contributed by atoms with van der Waals surface area (Å²) < 4.78 is 68.4. The van der Waals surface area contributed by atoms with Crippen LogP contribution in [0.3, 0.4) is 0 Å². The number of aliphatic hydroxyl groups is 1. The maximum atomic E-state index is 13.0. The largest absolute Gasteiger partial charge is 0.472 e. The zero-order chi connectivity index (χ0) is 68.9. The van der Waals surface area contributed by atoms with Crippen molar-refractivity contribution in [2.24, 2.45) is 23.7 Å². The van der Waals surface area contributed by atoms with E-state index in [0.717, 1.165) is 114 Å². The number of unbranched alkanes of at least 4 members (excludes halogenated alkanes) is 37. The average molecular weight is 1370 g/mol. The highest BCUT2D eigenvalue weighted by Crippen LogP contribution is 2.45. The first kappa shape index (κ1) is 91.1. The molecule has 0 spiro atoms. The minimum absolute atomic E-state index is 0.105. The molecule has 0 bridgehead atoms. The van der Waals surface area contributed by atoms with Crippen LogP contribution in [0.5, 0.6) is 0 Å². The van der Waals surface area contributed by atoms with E-state index in [1.165, 1.54) is 167 Å². The van der Waals surface area contributed by atoms with Gasteiger partial charge in [0.2, 0.25) is 0 Å². The van der Waals surface area contributed by atoms with E-state index in [-0.39, 0.29) is 25.7 Å². The zero-order valence-electron chi connectivity index (χ0n) is 60.9. The summed E-state index contributed by atoms with van der Waals surface area (Å²) in [5.41, 5.74) is 0. The van der Waals surface area contributed by atoms with Crippen LogP contribution in [0.25, 0.3) is 0 Å². The van der Waals surface area contributed by atoms with E-state index in [2.05, 4.69) is 55.4 Å². The third-order valence-corrected chi connectivity index (χ3v) is 19.0. The van der Waals surface area contributed by atoms with Crippen LogP contribution in [0.15, 0.2) is 0 Å². The Labute approximate surface area is 568 Å². The monoisotopic (exact) mass is 1370 g/mol. The fourth-order valence-corrected chi connectivity index (χ4v) is 12.8. The van der Waals surface area contributed by atoms with Crippen molar-refractivity contribution in [1.82, 2.24) is 0 Å². The first-order valence-electron chi connectivity index (χ1n) is 38.2. The highest BCUT2D eigenvalue weighted by Gasteiger charge is 2.30. The molecular formula is C74H144O17P2. The normalized spacial score (nSPS) is 14.2. The number of phosphoric acid groups is 2. The van der Waals surface area contributed by atoms with E-state index in [1.807, 2.05) is 0 Å². The molecular weight excluding hydrogens is 1220 g/mol. The molecule has 0 fully saturated rings. The Balaban J connectivity index is 5.21. The number of ether oxygens (including phenoxy) is 4. The van der Waals surface area contributed by atoms with Crippen molar-refractivity contribution in [1.29, 1.82) is 0 Å². The second-order valence-electron chi connectivity index (χ2n) is 28.6. The molecule has 0 saturated carbocycles. The molecule has 0 aromatic heterocycles. The number of phosphoric ester groups is 2. The lowest BCUT2D eigenvalue weighted by Crippen LogP contribution is -2.30. The second kappa shape index (κ2) is 63.5. The first-order valence-corrected chi connectivity index (χ1v) is 41.2. The van der Waals surface area contributed by atoms with Crippen molar-refractivity contribution in [3.63, 3.8) is 0 Å². The highest BCUT2D eigenvalue weighted by atomic mass is 31.2. The van der Waals surface area contributed by atoms with Gasteiger partial charge in [0, 0.05) is 25.7 Å². The van der Waals surface area contributed by atoms with Crippen LogP contribution in [-0.2, 0) is 65.4 Å². The summed E-state index contributed by atoms with van der Waals surface area (Å²) in [5, 5.41) is 10.6. The number of aliphatic hydroxyl groups excluding tert-OH is 1. The Morgan fingerprint density at radius 2 is 0.452 bits per heavy atom. The van der Waals surface area contributed by atoms with Gasteiger partial charge in [0.05, 0.1) is 26.4 Å². The molecule has 0 aliphatic rings. The molecule has 17 nitrogen and oxygen atoms in total. The minimum Gasteiger partial charge on any atom is -0.462 e. The standard InChI is InChI=1S/C74H144O17P2/c1-64(2)50-42-34-26-19-15-13-11-9-10-12-14-16-21-31-40-48-56-73(78)91-70(61-85-72(77)55-47-39-33-25-29-37-45-53-67(7)8)63-89-93(82,83)87-59-68(75)58-86-92(80,81)88-62-69(60-84-71(76)54-46-38-30-24-23-28-36-44-52-66(5)6)90-74(79)57-49-41-32-22-18-17-20-27-35-43-51-65(3)4/h64-70,75H,9-63H2,1-8H3,(H,80,81)(H,82,83)/t68?,69-,70-/m1/s1. The summed E-state index contributed by atoms with van der Waals surface area (Å²) in [6, 6.07) is 0. The summed E-state index contributed by atoms with van der Waals surface area (Å²) >= 11 is 0. The number of carbonyl (C=O) groups is 4. The van der Waals surface area contributed by atoms with Crippen molar-refractivity contribution in [2.45, 2.75) is 388 Å². The third-order valence-electron chi connectivity index (χ3n) is 17.1. The van der Waals surface area contributed by atoms with Gasteiger partial charge < -0.3 is 33.8 Å². The van der Waals surface area contributed by atoms with Gasteiger partial charge in [0.25, 0.3) is 0 Å². The molecule has 0 heterocycles. The molecule has 0 rings (SSSR count). The predicted molar refractivity (Wildman–Crippen MR) is 377 cm³/mol. The molecule has 0 aliphatic heterocycles. The van der Waals surface area contributed by atoms with E-state index in [4.69, 9.17) is 37.0 Å². The quantitative estimate of drug-likeness (QED) is 0.0222. The molecule has 19 heteroatoms. The van der Waals surface area contributed by atoms with Gasteiger partial charge in [-0.25, -0.2) is 9.13 Å². The number of hydrogen-bond donors (Lipinski definition) is 3. The van der Waals surface area contributed by atoms with Gasteiger partial charge in [0.1, 0.15) is 19.3 Å². The zero-order valence-corrected chi connectivity index (χ0v) is 62.7. The Kier molecular flexibility index (Phi) is 62.2. The molecule has 0 aromatic rings. The minimum atomic E-state index is -4.96. The number of esters is 4. The van der Waals surface area contributed by atoms with E-state index in [9.17, 15) is 43.2 Å². The lowest BCUT2D eigenvalue weighted by Gasteiger charge is -2.21. The van der Waals surface area contributed by atoms with Crippen LogP contribution in [-0.4, -0.2) is 96.7 Å². The molecule has 0 saturated heterocycles. The fraction of sp³-hybridized carbons (Fsp3) is 0.946. The van der Waals surface area contributed by atoms with Crippen molar-refractivity contribution in [3.05, 3.63) is 0 Å². The predicted octanol–water partition coefficient (Wildman–Crippen LogP) is 21.3. The summed E-state index contributed by atoms with van der Waals surface area (Å²) in [5.74, 6) is 0.867. The maximum Gasteiger partial charge on any atom is 0.472 e. The van der Waals surface area contributed by atoms with Gasteiger partial charge in [-0.3, -0.25) is 37.3 Å². The summed E-state index contributed by atoms with van der Waals surface area (Å²) in [4.78, 5) is 72.7. The van der Waals surface area contributed by atoms with E-state index in [1.54, 1.807) is 0 Å². The average Bonchev–Trinajstić information content (AvgIpc) is 1.79. The van der Waals surface area contributed by atoms with Crippen LogP contribution in [0.1, 0.15) is 370 Å². The van der Waals surface area contributed by atoms with Crippen molar-refractivity contribution in [3.8, 4) is 0 Å². The van der Waals surface area contributed by atoms with Gasteiger partial charge in [-0.1, -0.05) is 319 Å². The van der Waals surface area contributed by atoms with E-state index < -0.39 is 97.5 Å². The Morgan fingerprint density at radius 1 is 0.269 bits per heavy atom. The van der Waals surface area contributed by atoms with Gasteiger partial charge >= 0.3 is 39.5 Å². The van der Waals surface area contributed by atoms with Gasteiger partial charge in [-0.05, 0) is 49.4 Å². The van der Waals surface area contributed by atoms with Crippen LogP contribution >= 0.6 is 15.6 Å². The summed E-state index contributed by atoms with van der Waals surface area (Å²) in [6.45, 7) is 14.1. The van der Waals surface area contributed by atoms with E-state index in [0.29, 0.717) is 31.6 Å². The number of hydrogen-bond acceptors (Lipinski definition) is 15.